The molecule has 3 N–H and O–H groups in total. The largest absolute Gasteiger partial charge is 0.422 e. The van der Waals surface area contributed by atoms with Gasteiger partial charge >= 0.3 is 5.63 Å². The zero-order chi connectivity index (χ0) is 15.7. The van der Waals surface area contributed by atoms with E-state index in [4.69, 9.17) is 21.8 Å². The van der Waals surface area contributed by atoms with Gasteiger partial charge in [0, 0.05) is 22.5 Å². The summed E-state index contributed by atoms with van der Waals surface area (Å²) in [5, 5.41) is 12.1. The first-order valence-corrected chi connectivity index (χ1v) is 8.03. The van der Waals surface area contributed by atoms with Gasteiger partial charge in [-0.1, -0.05) is 11.6 Å². The van der Waals surface area contributed by atoms with Gasteiger partial charge in [-0.25, -0.2) is 4.79 Å². The monoisotopic (exact) mass is 357 g/mol. The first-order chi connectivity index (χ1) is 10.5. The van der Waals surface area contributed by atoms with Crippen molar-refractivity contribution in [2.24, 2.45) is 5.73 Å². The minimum Gasteiger partial charge on any atom is -0.422 e. The van der Waals surface area contributed by atoms with Crippen molar-refractivity contribution in [3.63, 3.8) is 0 Å². The Balaban J connectivity index is 0.00000192. The van der Waals surface area contributed by atoms with Crippen molar-refractivity contribution >= 4 is 35.0 Å². The third-order valence-corrected chi connectivity index (χ3v) is 4.80. The van der Waals surface area contributed by atoms with Crippen LogP contribution in [0.15, 0.2) is 33.5 Å². The molecule has 1 aliphatic rings. The third-order valence-electron chi connectivity index (χ3n) is 4.58. The van der Waals surface area contributed by atoms with Crippen LogP contribution in [0.1, 0.15) is 37.7 Å². The number of fused-ring (bicyclic) bond motifs is 1. The molecule has 1 aromatic carbocycles. The molecule has 1 fully saturated rings. The van der Waals surface area contributed by atoms with Crippen LogP contribution in [0.3, 0.4) is 0 Å². The van der Waals surface area contributed by atoms with Gasteiger partial charge in [0.2, 0.25) is 0 Å². The van der Waals surface area contributed by atoms with E-state index < -0.39 is 5.60 Å². The van der Waals surface area contributed by atoms with E-state index in [1.807, 2.05) is 6.07 Å². The van der Waals surface area contributed by atoms with E-state index in [1.54, 1.807) is 12.1 Å². The third kappa shape index (κ3) is 4.27. The topological polar surface area (TPSA) is 76.5 Å². The van der Waals surface area contributed by atoms with Crippen LogP contribution in [0, 0.1) is 0 Å². The molecule has 1 aliphatic carbocycles. The van der Waals surface area contributed by atoms with Gasteiger partial charge in [-0.15, -0.1) is 12.4 Å². The summed E-state index contributed by atoms with van der Waals surface area (Å²) in [5.74, 6) is 0. The first-order valence-electron chi connectivity index (χ1n) is 7.65. The Morgan fingerprint density at radius 2 is 2.00 bits per heavy atom. The quantitative estimate of drug-likeness (QED) is 0.825. The van der Waals surface area contributed by atoms with Crippen LogP contribution >= 0.6 is 24.0 Å². The fourth-order valence-corrected chi connectivity index (χ4v) is 3.44. The molecular weight excluding hydrogens is 337 g/mol. The summed E-state index contributed by atoms with van der Waals surface area (Å²) in [7, 11) is 0. The van der Waals surface area contributed by atoms with E-state index in [1.165, 1.54) is 6.07 Å². The van der Waals surface area contributed by atoms with Crippen molar-refractivity contribution in [1.29, 1.82) is 0 Å². The Morgan fingerprint density at radius 1 is 1.30 bits per heavy atom. The van der Waals surface area contributed by atoms with E-state index in [0.29, 0.717) is 23.4 Å². The van der Waals surface area contributed by atoms with Crippen LogP contribution in [-0.4, -0.2) is 16.7 Å². The number of hydrogen-bond acceptors (Lipinski definition) is 4. The first kappa shape index (κ1) is 18.3. The van der Waals surface area contributed by atoms with Crippen LogP contribution in [0.2, 0.25) is 5.02 Å². The summed E-state index contributed by atoms with van der Waals surface area (Å²) < 4.78 is 5.32. The fourth-order valence-electron chi connectivity index (χ4n) is 3.19. The normalized spacial score (nSPS) is 24.4. The lowest BCUT2D eigenvalue weighted by atomic mass is 9.79. The fraction of sp³-hybridized carbons (Fsp3) is 0.471. The Hall–Kier alpha value is -1.07. The highest BCUT2D eigenvalue weighted by Crippen LogP contribution is 2.33. The molecule has 0 spiro atoms. The number of benzene rings is 1. The van der Waals surface area contributed by atoms with Gasteiger partial charge in [0.15, 0.2) is 0 Å². The van der Waals surface area contributed by atoms with E-state index >= 15 is 0 Å². The minimum atomic E-state index is -0.681. The number of hydrogen-bond donors (Lipinski definition) is 2. The second-order valence-electron chi connectivity index (χ2n) is 6.30. The average Bonchev–Trinajstić information content (AvgIpc) is 2.49. The molecule has 126 valence electrons. The zero-order valence-corrected chi connectivity index (χ0v) is 14.3. The zero-order valence-electron chi connectivity index (χ0n) is 12.8. The summed E-state index contributed by atoms with van der Waals surface area (Å²) in [6, 6.07) is 6.89. The summed E-state index contributed by atoms with van der Waals surface area (Å²) in [5.41, 5.74) is 6.27. The second kappa shape index (κ2) is 7.22. The Bertz CT molecular complexity index is 736. The van der Waals surface area contributed by atoms with Gasteiger partial charge in [0.25, 0.3) is 0 Å². The lowest BCUT2D eigenvalue weighted by Gasteiger charge is -2.34. The molecule has 2 aromatic rings. The Kier molecular flexibility index (Phi) is 5.74. The van der Waals surface area contributed by atoms with Crippen molar-refractivity contribution < 1.29 is 9.52 Å². The molecular formula is C17H21Cl2NO3. The van der Waals surface area contributed by atoms with Crippen LogP contribution < -0.4 is 11.4 Å². The van der Waals surface area contributed by atoms with Crippen molar-refractivity contribution in [2.75, 3.05) is 0 Å². The molecule has 1 heterocycles. The number of rotatable bonds is 3. The van der Waals surface area contributed by atoms with Gasteiger partial charge in [-0.3, -0.25) is 0 Å². The van der Waals surface area contributed by atoms with E-state index in [2.05, 4.69) is 0 Å². The molecule has 3 rings (SSSR count). The van der Waals surface area contributed by atoms with Crippen LogP contribution in [0.25, 0.3) is 11.0 Å². The highest BCUT2D eigenvalue weighted by molar-refractivity contribution is 6.31. The summed E-state index contributed by atoms with van der Waals surface area (Å²) in [6.07, 6.45) is 4.38. The van der Waals surface area contributed by atoms with Crippen molar-refractivity contribution in [3.05, 3.63) is 45.3 Å². The lowest BCUT2D eigenvalue weighted by Crippen LogP contribution is -2.39. The molecule has 1 saturated carbocycles. The van der Waals surface area contributed by atoms with E-state index in [0.717, 1.165) is 36.6 Å². The van der Waals surface area contributed by atoms with Crippen molar-refractivity contribution in [3.8, 4) is 0 Å². The van der Waals surface area contributed by atoms with Crippen molar-refractivity contribution in [1.82, 2.24) is 0 Å². The maximum absolute atomic E-state index is 11.5. The van der Waals surface area contributed by atoms with E-state index in [9.17, 15) is 9.90 Å². The maximum Gasteiger partial charge on any atom is 0.336 e. The number of nitrogens with two attached hydrogens (primary N) is 1. The van der Waals surface area contributed by atoms with Gasteiger partial charge in [0.05, 0.1) is 5.60 Å². The highest BCUT2D eigenvalue weighted by atomic mass is 35.5. The molecule has 0 saturated heterocycles. The average molecular weight is 358 g/mol. The summed E-state index contributed by atoms with van der Waals surface area (Å²) in [6.45, 7) is 0. The van der Waals surface area contributed by atoms with Crippen molar-refractivity contribution in [2.45, 2.75) is 50.2 Å². The number of aliphatic hydroxyl groups is 1. The van der Waals surface area contributed by atoms with Gasteiger partial charge < -0.3 is 15.3 Å². The molecule has 0 bridgehead atoms. The smallest absolute Gasteiger partial charge is 0.336 e. The molecule has 1 aromatic heterocycles. The summed E-state index contributed by atoms with van der Waals surface area (Å²) in [4.78, 5) is 11.5. The molecule has 6 heteroatoms. The second-order valence-corrected chi connectivity index (χ2v) is 6.74. The van der Waals surface area contributed by atoms with Gasteiger partial charge in [-0.05, 0) is 62.3 Å². The maximum atomic E-state index is 11.5. The molecule has 0 amide bonds. The number of halogens is 2. The predicted octanol–water partition coefficient (Wildman–Crippen LogP) is 3.43. The van der Waals surface area contributed by atoms with Gasteiger partial charge in [0.1, 0.15) is 5.58 Å². The number of aryl methyl sites for hydroxylation is 1. The molecule has 0 unspecified atom stereocenters. The molecule has 4 nitrogen and oxygen atoms in total. The highest BCUT2D eigenvalue weighted by Gasteiger charge is 2.31. The molecule has 0 aliphatic heterocycles. The molecule has 0 atom stereocenters. The Labute approximate surface area is 146 Å². The minimum absolute atomic E-state index is 0. The standard InChI is InChI=1S/C17H20ClNO3.ClH/c18-13-9-11-1-2-15(20)22-16(11)12(10-13)3-6-17(21)7-4-14(19)5-8-17;/h1-2,9-10,14,21H,3-8,19H2;1H/t14-,17+;. The molecule has 0 radical (unpaired) electrons. The van der Waals surface area contributed by atoms with Crippen LogP contribution in [0.5, 0.6) is 0 Å². The Morgan fingerprint density at radius 3 is 2.70 bits per heavy atom. The molecule has 23 heavy (non-hydrogen) atoms. The predicted molar refractivity (Wildman–Crippen MR) is 94.5 cm³/mol. The lowest BCUT2D eigenvalue weighted by molar-refractivity contribution is -0.00747. The van der Waals surface area contributed by atoms with E-state index in [-0.39, 0.29) is 24.1 Å². The van der Waals surface area contributed by atoms with Crippen LogP contribution in [0.4, 0.5) is 0 Å². The van der Waals surface area contributed by atoms with Crippen LogP contribution in [-0.2, 0) is 6.42 Å². The summed E-state index contributed by atoms with van der Waals surface area (Å²) >= 11 is 6.14. The van der Waals surface area contributed by atoms with Gasteiger partial charge in [-0.2, -0.15) is 0 Å². The SMILES string of the molecule is Cl.N[C@H]1CC[C@](O)(CCc2cc(Cl)cc3ccc(=O)oc23)CC1.